The Labute approximate surface area is 211 Å². The summed E-state index contributed by atoms with van der Waals surface area (Å²) < 4.78 is 10.9. The molecule has 0 spiro atoms. The number of hydrogen-bond acceptors (Lipinski definition) is 6. The van der Waals surface area contributed by atoms with Gasteiger partial charge >= 0.3 is 0 Å². The van der Waals surface area contributed by atoms with Crippen LogP contribution in [0.2, 0.25) is 5.02 Å². The first kappa shape index (κ1) is 23.4. The van der Waals surface area contributed by atoms with E-state index in [1.54, 1.807) is 11.8 Å². The highest BCUT2D eigenvalue weighted by Gasteiger charge is 2.18. The van der Waals surface area contributed by atoms with Crippen LogP contribution in [0.4, 0.5) is 5.69 Å². The lowest BCUT2D eigenvalue weighted by atomic mass is 10.1. The Balaban J connectivity index is 1.03. The van der Waals surface area contributed by atoms with Crippen LogP contribution in [0, 0.1) is 0 Å². The zero-order valence-corrected chi connectivity index (χ0v) is 20.8. The van der Waals surface area contributed by atoms with Crippen molar-refractivity contribution in [2.45, 2.75) is 22.8 Å². The van der Waals surface area contributed by atoms with Gasteiger partial charge in [0.05, 0.1) is 0 Å². The fraction of sp³-hybridized carbons (Fsp3) is 0.333. The second kappa shape index (κ2) is 11.4. The predicted molar refractivity (Wildman–Crippen MR) is 139 cm³/mol. The van der Waals surface area contributed by atoms with Gasteiger partial charge in [0.25, 0.3) is 0 Å². The van der Waals surface area contributed by atoms with Crippen molar-refractivity contribution in [3.8, 4) is 11.5 Å². The van der Waals surface area contributed by atoms with E-state index in [9.17, 15) is 0 Å². The molecule has 3 aromatic carbocycles. The number of anilines is 1. The normalized spacial score (nSPS) is 16.0. The number of fused-ring (bicyclic) bond motifs is 1. The van der Waals surface area contributed by atoms with Crippen LogP contribution in [-0.4, -0.2) is 55.9 Å². The average Bonchev–Trinajstić information content (AvgIpc) is 3.33. The first-order valence-electron chi connectivity index (χ1n) is 11.8. The molecule has 0 saturated carbocycles. The SMILES string of the molecule is Clc1ccc(Sc2ccccc2NCCCN2CCN(Cc3ccc4c(c3)OCO4)CC2)cc1. The first-order valence-corrected chi connectivity index (χ1v) is 13.0. The highest BCUT2D eigenvalue weighted by molar-refractivity contribution is 7.99. The summed E-state index contributed by atoms with van der Waals surface area (Å²) in [6.07, 6.45) is 1.13. The van der Waals surface area contributed by atoms with Crippen molar-refractivity contribution in [2.75, 3.05) is 51.4 Å². The minimum Gasteiger partial charge on any atom is -0.454 e. The van der Waals surface area contributed by atoms with Crippen LogP contribution in [0.1, 0.15) is 12.0 Å². The number of nitrogens with one attached hydrogen (secondary N) is 1. The maximum atomic E-state index is 6.02. The monoisotopic (exact) mass is 495 g/mol. The zero-order chi connectivity index (χ0) is 23.2. The lowest BCUT2D eigenvalue weighted by molar-refractivity contribution is 0.127. The average molecular weight is 496 g/mol. The summed E-state index contributed by atoms with van der Waals surface area (Å²) in [6.45, 7) is 7.83. The van der Waals surface area contributed by atoms with Crippen LogP contribution in [-0.2, 0) is 6.54 Å². The van der Waals surface area contributed by atoms with Crippen LogP contribution in [0.15, 0.2) is 76.5 Å². The molecule has 34 heavy (non-hydrogen) atoms. The number of ether oxygens (including phenoxy) is 2. The molecule has 3 aromatic rings. The smallest absolute Gasteiger partial charge is 0.231 e. The Hall–Kier alpha value is -2.38. The predicted octanol–water partition coefficient (Wildman–Crippen LogP) is 5.84. The van der Waals surface area contributed by atoms with Crippen LogP contribution < -0.4 is 14.8 Å². The molecule has 0 atom stereocenters. The second-order valence-electron chi connectivity index (χ2n) is 8.64. The topological polar surface area (TPSA) is 37.0 Å². The Morgan fingerprint density at radius 2 is 1.62 bits per heavy atom. The minimum absolute atomic E-state index is 0.332. The molecule has 2 heterocycles. The van der Waals surface area contributed by atoms with Gasteiger partial charge in [0, 0.05) is 59.8 Å². The molecule has 0 aromatic heterocycles. The van der Waals surface area contributed by atoms with Crippen molar-refractivity contribution < 1.29 is 9.47 Å². The molecule has 0 radical (unpaired) electrons. The quantitative estimate of drug-likeness (QED) is 0.376. The van der Waals surface area contributed by atoms with Crippen molar-refractivity contribution in [1.82, 2.24) is 9.80 Å². The molecule has 178 valence electrons. The van der Waals surface area contributed by atoms with Crippen molar-refractivity contribution in [2.24, 2.45) is 0 Å². The fourth-order valence-corrected chi connectivity index (χ4v) is 5.37. The summed E-state index contributed by atoms with van der Waals surface area (Å²) in [5, 5.41) is 4.41. The summed E-state index contributed by atoms with van der Waals surface area (Å²) in [4.78, 5) is 7.53. The van der Waals surface area contributed by atoms with Gasteiger partial charge in [0.2, 0.25) is 6.79 Å². The minimum atomic E-state index is 0.332. The van der Waals surface area contributed by atoms with Gasteiger partial charge in [-0.3, -0.25) is 4.90 Å². The van der Waals surface area contributed by atoms with Gasteiger partial charge in [-0.15, -0.1) is 0 Å². The van der Waals surface area contributed by atoms with E-state index in [0.29, 0.717) is 6.79 Å². The molecule has 1 N–H and O–H groups in total. The molecular weight excluding hydrogens is 466 g/mol. The van der Waals surface area contributed by atoms with Crippen LogP contribution in [0.3, 0.4) is 0 Å². The lowest BCUT2D eigenvalue weighted by Gasteiger charge is -2.34. The number of rotatable bonds is 9. The van der Waals surface area contributed by atoms with Gasteiger partial charge in [-0.25, -0.2) is 0 Å². The van der Waals surface area contributed by atoms with Crippen LogP contribution >= 0.6 is 23.4 Å². The van der Waals surface area contributed by atoms with E-state index in [-0.39, 0.29) is 0 Å². The van der Waals surface area contributed by atoms with E-state index in [4.69, 9.17) is 21.1 Å². The van der Waals surface area contributed by atoms with E-state index in [1.807, 2.05) is 18.2 Å². The standard InChI is InChI=1S/C27H30ClN3O2S/c28-22-7-9-23(10-8-22)34-27-5-2-1-4-24(27)29-12-3-13-30-14-16-31(17-15-30)19-21-6-11-25-26(18-21)33-20-32-25/h1-2,4-11,18,29H,3,12-17,19-20H2. The maximum absolute atomic E-state index is 6.02. The van der Waals surface area contributed by atoms with Crippen LogP contribution in [0.5, 0.6) is 11.5 Å². The molecular formula is C27H30ClN3O2S. The van der Waals surface area contributed by atoms with Crippen molar-refractivity contribution in [3.63, 3.8) is 0 Å². The molecule has 0 unspecified atom stereocenters. The van der Waals surface area contributed by atoms with E-state index in [2.05, 4.69) is 63.6 Å². The summed E-state index contributed by atoms with van der Waals surface area (Å²) in [6, 6.07) is 22.8. The molecule has 0 bridgehead atoms. The number of halogens is 1. The highest BCUT2D eigenvalue weighted by Crippen LogP contribution is 2.34. The van der Waals surface area contributed by atoms with Crippen molar-refractivity contribution in [1.29, 1.82) is 0 Å². The third-order valence-electron chi connectivity index (χ3n) is 6.20. The van der Waals surface area contributed by atoms with E-state index in [1.165, 1.54) is 21.0 Å². The largest absolute Gasteiger partial charge is 0.454 e. The number of nitrogens with zero attached hydrogens (tertiary/aromatic N) is 2. The maximum Gasteiger partial charge on any atom is 0.231 e. The Kier molecular flexibility index (Phi) is 7.81. The van der Waals surface area contributed by atoms with Gasteiger partial charge in [-0.2, -0.15) is 0 Å². The molecule has 1 fully saturated rings. The number of benzene rings is 3. The van der Waals surface area contributed by atoms with Gasteiger partial charge in [-0.1, -0.05) is 41.6 Å². The van der Waals surface area contributed by atoms with Gasteiger partial charge in [0.1, 0.15) is 0 Å². The molecule has 0 aliphatic carbocycles. The Morgan fingerprint density at radius 1 is 0.853 bits per heavy atom. The molecule has 1 saturated heterocycles. The molecule has 2 aliphatic heterocycles. The molecule has 0 amide bonds. The lowest BCUT2D eigenvalue weighted by Crippen LogP contribution is -2.46. The molecule has 2 aliphatic rings. The van der Waals surface area contributed by atoms with Crippen molar-refractivity contribution >= 4 is 29.1 Å². The van der Waals surface area contributed by atoms with Crippen LogP contribution in [0.25, 0.3) is 0 Å². The zero-order valence-electron chi connectivity index (χ0n) is 19.2. The third kappa shape index (κ3) is 6.19. The summed E-state index contributed by atoms with van der Waals surface area (Å²) >= 11 is 7.78. The van der Waals surface area contributed by atoms with Crippen molar-refractivity contribution in [3.05, 3.63) is 77.3 Å². The Bertz CT molecular complexity index is 1090. The number of para-hydroxylation sites is 1. The third-order valence-corrected chi connectivity index (χ3v) is 7.54. The highest BCUT2D eigenvalue weighted by atomic mass is 35.5. The number of piperazine rings is 1. The Morgan fingerprint density at radius 3 is 2.47 bits per heavy atom. The molecule has 7 heteroatoms. The summed E-state index contributed by atoms with van der Waals surface area (Å²) in [5.74, 6) is 1.73. The van der Waals surface area contributed by atoms with E-state index < -0.39 is 0 Å². The molecule has 5 rings (SSSR count). The van der Waals surface area contributed by atoms with Gasteiger partial charge in [-0.05, 0) is 67.1 Å². The second-order valence-corrected chi connectivity index (χ2v) is 10.2. The van der Waals surface area contributed by atoms with E-state index in [0.717, 1.165) is 68.8 Å². The van der Waals surface area contributed by atoms with Gasteiger partial charge < -0.3 is 19.7 Å². The van der Waals surface area contributed by atoms with Gasteiger partial charge in [0.15, 0.2) is 11.5 Å². The first-order chi connectivity index (χ1) is 16.7. The number of hydrogen-bond donors (Lipinski definition) is 1. The molecule has 5 nitrogen and oxygen atoms in total. The fourth-order valence-electron chi connectivity index (χ4n) is 4.33. The summed E-state index contributed by atoms with van der Waals surface area (Å²) in [7, 11) is 0. The van der Waals surface area contributed by atoms with E-state index >= 15 is 0 Å². The summed E-state index contributed by atoms with van der Waals surface area (Å²) in [5.41, 5.74) is 2.48.